The number of aromatic nitrogens is 1. The molecular formula is C26H29FN2O3. The zero-order valence-corrected chi connectivity index (χ0v) is 18.6. The number of halogens is 1. The Hall–Kier alpha value is -3.15. The third-order valence-electron chi connectivity index (χ3n) is 6.17. The number of aryl methyl sites for hydroxylation is 2. The molecule has 0 radical (unpaired) electrons. The van der Waals surface area contributed by atoms with Gasteiger partial charge < -0.3 is 14.2 Å². The second-order valence-electron chi connectivity index (χ2n) is 8.50. The summed E-state index contributed by atoms with van der Waals surface area (Å²) in [5.74, 6) is 1.28. The Balaban J connectivity index is 1.46. The van der Waals surface area contributed by atoms with Crippen LogP contribution in [0.5, 0.6) is 5.75 Å². The Kier molecular flexibility index (Phi) is 6.88. The highest BCUT2D eigenvalue weighted by Crippen LogP contribution is 2.27. The average molecular weight is 437 g/mol. The maximum Gasteiger partial charge on any atom is 0.227 e. The first-order valence-electron chi connectivity index (χ1n) is 11.2. The third-order valence-corrected chi connectivity index (χ3v) is 6.17. The summed E-state index contributed by atoms with van der Waals surface area (Å²) in [6.07, 6.45) is 4.68. The zero-order chi connectivity index (χ0) is 22.5. The smallest absolute Gasteiger partial charge is 0.227 e. The number of amides is 1. The van der Waals surface area contributed by atoms with Crippen LogP contribution >= 0.6 is 0 Å². The molecule has 0 spiro atoms. The molecule has 1 aliphatic carbocycles. The van der Waals surface area contributed by atoms with Gasteiger partial charge in [-0.15, -0.1) is 0 Å². The molecule has 32 heavy (non-hydrogen) atoms. The summed E-state index contributed by atoms with van der Waals surface area (Å²) in [5, 5.41) is 3.99. The van der Waals surface area contributed by atoms with Gasteiger partial charge in [0.05, 0.1) is 12.1 Å². The van der Waals surface area contributed by atoms with Gasteiger partial charge in [0.15, 0.2) is 0 Å². The van der Waals surface area contributed by atoms with Crippen LogP contribution in [0.4, 0.5) is 4.39 Å². The number of hydrogen-bond donors (Lipinski definition) is 0. The van der Waals surface area contributed by atoms with Gasteiger partial charge in [0, 0.05) is 18.2 Å². The first-order valence-corrected chi connectivity index (χ1v) is 11.2. The van der Waals surface area contributed by atoms with Crippen LogP contribution in [0.25, 0.3) is 0 Å². The topological polar surface area (TPSA) is 55.6 Å². The molecule has 1 amide bonds. The molecule has 1 aromatic heterocycles. The Morgan fingerprint density at radius 1 is 1.12 bits per heavy atom. The number of benzene rings is 2. The lowest BCUT2D eigenvalue weighted by atomic mass is 10.1. The number of ether oxygens (including phenoxy) is 1. The fraction of sp³-hybridized carbons (Fsp3) is 0.385. The monoisotopic (exact) mass is 436 g/mol. The van der Waals surface area contributed by atoms with Crippen molar-refractivity contribution in [1.29, 1.82) is 0 Å². The van der Waals surface area contributed by atoms with Gasteiger partial charge in [-0.1, -0.05) is 42.3 Å². The molecule has 1 heterocycles. The van der Waals surface area contributed by atoms with E-state index in [1.807, 2.05) is 43.0 Å². The Morgan fingerprint density at radius 2 is 1.88 bits per heavy atom. The summed E-state index contributed by atoms with van der Waals surface area (Å²) in [6.45, 7) is 4.63. The molecule has 1 aliphatic rings. The maximum atomic E-state index is 13.3. The molecule has 0 bridgehead atoms. The molecule has 2 aromatic carbocycles. The van der Waals surface area contributed by atoms with Gasteiger partial charge >= 0.3 is 0 Å². The fourth-order valence-corrected chi connectivity index (χ4v) is 4.32. The standard InChI is InChI=1S/C26H29FN2O3/c1-18-25(19(2)32-28-18)15-26(30)29(23-7-3-4-8-23)16-21-6-5-9-24(14-21)31-17-20-10-12-22(27)13-11-20/h5-6,9-14,23H,3-4,7-8,15-17H2,1-2H3. The lowest BCUT2D eigenvalue weighted by molar-refractivity contribution is -0.133. The van der Waals surface area contributed by atoms with Crippen molar-refractivity contribution in [2.45, 2.75) is 65.1 Å². The van der Waals surface area contributed by atoms with Crippen LogP contribution in [0, 0.1) is 19.7 Å². The molecule has 0 unspecified atom stereocenters. The van der Waals surface area contributed by atoms with E-state index >= 15 is 0 Å². The van der Waals surface area contributed by atoms with Crippen LogP contribution in [0.3, 0.4) is 0 Å². The number of carbonyl (C=O) groups is 1. The Bertz CT molecular complexity index is 1040. The number of rotatable bonds is 8. The first kappa shape index (κ1) is 22.1. The van der Waals surface area contributed by atoms with E-state index < -0.39 is 0 Å². The van der Waals surface area contributed by atoms with Crippen LogP contribution in [0.1, 0.15) is 53.8 Å². The van der Waals surface area contributed by atoms with E-state index in [2.05, 4.69) is 5.16 Å². The van der Waals surface area contributed by atoms with E-state index in [1.54, 1.807) is 12.1 Å². The highest BCUT2D eigenvalue weighted by molar-refractivity contribution is 5.79. The van der Waals surface area contributed by atoms with E-state index in [-0.39, 0.29) is 17.8 Å². The van der Waals surface area contributed by atoms with Crippen LogP contribution in [0.15, 0.2) is 53.1 Å². The van der Waals surface area contributed by atoms with Crippen molar-refractivity contribution in [3.63, 3.8) is 0 Å². The quantitative estimate of drug-likeness (QED) is 0.466. The second-order valence-corrected chi connectivity index (χ2v) is 8.50. The van der Waals surface area contributed by atoms with Crippen LogP contribution in [0.2, 0.25) is 0 Å². The molecule has 168 valence electrons. The molecular weight excluding hydrogens is 407 g/mol. The van der Waals surface area contributed by atoms with Gasteiger partial charge in [-0.2, -0.15) is 0 Å². The van der Waals surface area contributed by atoms with Gasteiger partial charge in [-0.3, -0.25) is 4.79 Å². The summed E-state index contributed by atoms with van der Waals surface area (Å²) in [4.78, 5) is 15.3. The molecule has 6 heteroatoms. The van der Waals surface area contributed by atoms with Crippen molar-refractivity contribution in [3.8, 4) is 5.75 Å². The van der Waals surface area contributed by atoms with Crippen LogP contribution in [-0.4, -0.2) is 22.0 Å². The zero-order valence-electron chi connectivity index (χ0n) is 18.6. The normalized spacial score (nSPS) is 14.0. The molecule has 0 N–H and O–H groups in total. The first-order chi connectivity index (χ1) is 15.5. The van der Waals surface area contributed by atoms with Crippen molar-refractivity contribution >= 4 is 5.91 Å². The molecule has 0 saturated heterocycles. The lowest BCUT2D eigenvalue weighted by Gasteiger charge is -2.29. The molecule has 1 saturated carbocycles. The summed E-state index contributed by atoms with van der Waals surface area (Å²) < 4.78 is 24.3. The minimum absolute atomic E-state index is 0.101. The van der Waals surface area contributed by atoms with Gasteiger partial charge in [-0.05, 0) is 62.1 Å². The minimum atomic E-state index is -0.260. The number of nitrogens with zero attached hydrogens (tertiary/aromatic N) is 2. The summed E-state index contributed by atoms with van der Waals surface area (Å²) in [6, 6.07) is 14.4. The molecule has 5 nitrogen and oxygen atoms in total. The predicted octanol–water partition coefficient (Wildman–Crippen LogP) is 5.52. The maximum absolute atomic E-state index is 13.3. The molecule has 0 aliphatic heterocycles. The predicted molar refractivity (Wildman–Crippen MR) is 120 cm³/mol. The molecule has 0 atom stereocenters. The highest BCUT2D eigenvalue weighted by atomic mass is 19.1. The van der Waals surface area contributed by atoms with Crippen molar-refractivity contribution in [2.75, 3.05) is 0 Å². The lowest BCUT2D eigenvalue weighted by Crippen LogP contribution is -2.39. The highest BCUT2D eigenvalue weighted by Gasteiger charge is 2.28. The largest absolute Gasteiger partial charge is 0.489 e. The molecule has 3 aromatic rings. The van der Waals surface area contributed by atoms with Crippen LogP contribution < -0.4 is 4.74 Å². The average Bonchev–Trinajstić information content (AvgIpc) is 3.43. The SMILES string of the molecule is Cc1noc(C)c1CC(=O)N(Cc1cccc(OCc2ccc(F)cc2)c1)C1CCCC1. The number of hydrogen-bond acceptors (Lipinski definition) is 4. The van der Waals surface area contributed by atoms with Gasteiger partial charge in [-0.25, -0.2) is 4.39 Å². The van der Waals surface area contributed by atoms with Gasteiger partial charge in [0.2, 0.25) is 5.91 Å². The second kappa shape index (κ2) is 9.98. The van der Waals surface area contributed by atoms with Crippen molar-refractivity contribution in [2.24, 2.45) is 0 Å². The summed E-state index contributed by atoms with van der Waals surface area (Å²) in [5.41, 5.74) is 3.59. The van der Waals surface area contributed by atoms with Crippen LogP contribution in [-0.2, 0) is 24.4 Å². The third kappa shape index (κ3) is 5.36. The minimum Gasteiger partial charge on any atom is -0.489 e. The van der Waals surface area contributed by atoms with Crippen molar-refractivity contribution in [1.82, 2.24) is 10.1 Å². The van der Waals surface area contributed by atoms with E-state index in [0.717, 1.165) is 53.8 Å². The fourth-order valence-electron chi connectivity index (χ4n) is 4.32. The summed E-state index contributed by atoms with van der Waals surface area (Å²) in [7, 11) is 0. The van der Waals surface area contributed by atoms with E-state index in [0.29, 0.717) is 25.3 Å². The van der Waals surface area contributed by atoms with Gasteiger partial charge in [0.1, 0.15) is 23.9 Å². The van der Waals surface area contributed by atoms with E-state index in [1.165, 1.54) is 12.1 Å². The van der Waals surface area contributed by atoms with E-state index in [4.69, 9.17) is 9.26 Å². The molecule has 4 rings (SSSR count). The number of carbonyl (C=O) groups excluding carboxylic acids is 1. The van der Waals surface area contributed by atoms with Crippen molar-refractivity contribution in [3.05, 3.63) is 82.5 Å². The summed E-state index contributed by atoms with van der Waals surface area (Å²) >= 11 is 0. The van der Waals surface area contributed by atoms with Crippen molar-refractivity contribution < 1.29 is 18.4 Å². The Morgan fingerprint density at radius 3 is 2.56 bits per heavy atom. The Labute approximate surface area is 188 Å². The van der Waals surface area contributed by atoms with Gasteiger partial charge in [0.25, 0.3) is 0 Å². The van der Waals surface area contributed by atoms with E-state index in [9.17, 15) is 9.18 Å². The molecule has 1 fully saturated rings.